The minimum Gasteiger partial charge on any atom is -0.495 e. The molecule has 1 unspecified atom stereocenters. The molecule has 0 aliphatic carbocycles. The number of nitrogens with one attached hydrogen (secondary N) is 2. The lowest BCUT2D eigenvalue weighted by atomic mass is 10.2. The molecule has 1 amide bonds. The smallest absolute Gasteiger partial charge is 0.258 e. The largest absolute Gasteiger partial charge is 0.495 e. The molecule has 6 nitrogen and oxygen atoms in total. The summed E-state index contributed by atoms with van der Waals surface area (Å²) < 4.78 is 5.22. The van der Waals surface area contributed by atoms with Gasteiger partial charge in [0.05, 0.1) is 34.7 Å². The molecule has 134 valence electrons. The first-order valence-corrected chi connectivity index (χ1v) is 9.17. The van der Waals surface area contributed by atoms with Crippen LogP contribution in [0.3, 0.4) is 0 Å². The summed E-state index contributed by atoms with van der Waals surface area (Å²) in [4.78, 5) is 31.7. The molecule has 7 heteroatoms. The monoisotopic (exact) mass is 369 g/mol. The molecule has 0 aliphatic rings. The average Bonchev–Trinajstić information content (AvgIpc) is 2.66. The van der Waals surface area contributed by atoms with E-state index in [1.54, 1.807) is 37.4 Å². The van der Waals surface area contributed by atoms with E-state index in [1.165, 1.54) is 11.8 Å². The molecule has 0 aliphatic heterocycles. The SMILES string of the molecule is COc1ccccc1NC(=O)CSC(C)c1nc2ccccc2c(=O)[nH]1. The zero-order valence-corrected chi connectivity index (χ0v) is 15.3. The molecule has 0 bridgehead atoms. The van der Waals surface area contributed by atoms with Crippen LogP contribution in [0, 0.1) is 0 Å². The van der Waals surface area contributed by atoms with Gasteiger partial charge in [-0.3, -0.25) is 9.59 Å². The highest BCUT2D eigenvalue weighted by atomic mass is 32.2. The number of carbonyl (C=O) groups excluding carboxylic acids is 1. The van der Waals surface area contributed by atoms with Crippen LogP contribution in [-0.4, -0.2) is 28.7 Å². The van der Waals surface area contributed by atoms with E-state index < -0.39 is 0 Å². The molecule has 0 saturated heterocycles. The second kappa shape index (κ2) is 8.05. The van der Waals surface area contributed by atoms with Crippen molar-refractivity contribution >= 4 is 34.3 Å². The topological polar surface area (TPSA) is 84.1 Å². The molecule has 3 rings (SSSR count). The van der Waals surface area contributed by atoms with Crippen LogP contribution in [0.4, 0.5) is 5.69 Å². The molecular formula is C19H19N3O3S. The summed E-state index contributed by atoms with van der Waals surface area (Å²) in [7, 11) is 1.56. The molecule has 0 radical (unpaired) electrons. The zero-order chi connectivity index (χ0) is 18.5. The third-order valence-corrected chi connectivity index (χ3v) is 5.01. The third kappa shape index (κ3) is 4.05. The summed E-state index contributed by atoms with van der Waals surface area (Å²) in [5.74, 6) is 1.26. The highest BCUT2D eigenvalue weighted by Gasteiger charge is 2.14. The van der Waals surface area contributed by atoms with Gasteiger partial charge in [-0.25, -0.2) is 4.98 Å². The number of methoxy groups -OCH3 is 1. The van der Waals surface area contributed by atoms with Gasteiger partial charge < -0.3 is 15.0 Å². The Morgan fingerprint density at radius 1 is 1.23 bits per heavy atom. The van der Waals surface area contributed by atoms with Gasteiger partial charge in [0.1, 0.15) is 11.6 Å². The Morgan fingerprint density at radius 3 is 2.77 bits per heavy atom. The molecule has 3 aromatic rings. The van der Waals surface area contributed by atoms with Gasteiger partial charge in [-0.2, -0.15) is 0 Å². The summed E-state index contributed by atoms with van der Waals surface area (Å²) >= 11 is 1.40. The summed E-state index contributed by atoms with van der Waals surface area (Å²) in [6, 6.07) is 14.4. The lowest BCUT2D eigenvalue weighted by Crippen LogP contribution is -2.17. The van der Waals surface area contributed by atoms with Crippen LogP contribution in [0.25, 0.3) is 10.9 Å². The molecule has 1 heterocycles. The maximum Gasteiger partial charge on any atom is 0.258 e. The number of ether oxygens (including phenoxy) is 1. The predicted octanol–water partition coefficient (Wildman–Crippen LogP) is 3.36. The Balaban J connectivity index is 1.66. The predicted molar refractivity (Wildman–Crippen MR) is 105 cm³/mol. The number of hydrogen-bond donors (Lipinski definition) is 2. The molecule has 2 N–H and O–H groups in total. The van der Waals surface area contributed by atoms with Crippen LogP contribution in [-0.2, 0) is 4.79 Å². The Morgan fingerprint density at radius 2 is 1.96 bits per heavy atom. The van der Waals surface area contributed by atoms with E-state index in [9.17, 15) is 9.59 Å². The summed E-state index contributed by atoms with van der Waals surface area (Å²) in [6.45, 7) is 1.91. The van der Waals surface area contributed by atoms with E-state index in [2.05, 4.69) is 15.3 Å². The number of H-pyrrole nitrogens is 1. The highest BCUT2D eigenvalue weighted by Crippen LogP contribution is 2.27. The second-order valence-corrected chi connectivity index (χ2v) is 7.00. The van der Waals surface area contributed by atoms with Crippen molar-refractivity contribution in [2.45, 2.75) is 12.2 Å². The summed E-state index contributed by atoms with van der Waals surface area (Å²) in [5, 5.41) is 3.26. The first-order chi connectivity index (χ1) is 12.6. The number of benzene rings is 2. The highest BCUT2D eigenvalue weighted by molar-refractivity contribution is 8.00. The maximum atomic E-state index is 12.2. The van der Waals surface area contributed by atoms with Gasteiger partial charge in [0.15, 0.2) is 0 Å². The normalized spacial score (nSPS) is 11.9. The quantitative estimate of drug-likeness (QED) is 0.696. The second-order valence-electron chi connectivity index (χ2n) is 5.67. The lowest BCUT2D eigenvalue weighted by Gasteiger charge is -2.12. The van der Waals surface area contributed by atoms with E-state index in [0.29, 0.717) is 28.2 Å². The van der Waals surface area contributed by atoms with Crippen LogP contribution in [0.5, 0.6) is 5.75 Å². The fourth-order valence-corrected chi connectivity index (χ4v) is 3.25. The van der Waals surface area contributed by atoms with Crippen molar-refractivity contribution in [2.75, 3.05) is 18.2 Å². The molecule has 0 spiro atoms. The Labute approximate surface area is 155 Å². The van der Waals surface area contributed by atoms with Gasteiger partial charge in [-0.15, -0.1) is 11.8 Å². The first kappa shape index (κ1) is 18.0. The van der Waals surface area contributed by atoms with E-state index in [1.807, 2.05) is 25.1 Å². The maximum absolute atomic E-state index is 12.2. The van der Waals surface area contributed by atoms with Crippen LogP contribution in [0.1, 0.15) is 18.0 Å². The molecule has 26 heavy (non-hydrogen) atoms. The molecular weight excluding hydrogens is 350 g/mol. The number of amides is 1. The number of fused-ring (bicyclic) bond motifs is 1. The molecule has 2 aromatic carbocycles. The van der Waals surface area contributed by atoms with Gasteiger partial charge in [-0.1, -0.05) is 24.3 Å². The Kier molecular flexibility index (Phi) is 5.58. The van der Waals surface area contributed by atoms with Gasteiger partial charge in [0.25, 0.3) is 5.56 Å². The van der Waals surface area contributed by atoms with Crippen molar-refractivity contribution in [3.8, 4) is 5.75 Å². The standard InChI is InChI=1S/C19H19N3O3S/c1-12(18-21-14-8-4-3-7-13(14)19(24)22-18)26-11-17(23)20-15-9-5-6-10-16(15)25-2/h3-10,12H,11H2,1-2H3,(H,20,23)(H,21,22,24). The number of hydrogen-bond acceptors (Lipinski definition) is 5. The number of aromatic amines is 1. The third-order valence-electron chi connectivity index (χ3n) is 3.86. The lowest BCUT2D eigenvalue weighted by molar-refractivity contribution is -0.113. The Bertz CT molecular complexity index is 987. The fraction of sp³-hybridized carbons (Fsp3) is 0.211. The summed E-state index contributed by atoms with van der Waals surface area (Å²) in [5.41, 5.74) is 1.11. The zero-order valence-electron chi connectivity index (χ0n) is 14.5. The van der Waals surface area contributed by atoms with E-state index in [4.69, 9.17) is 4.74 Å². The van der Waals surface area contributed by atoms with Crippen LogP contribution < -0.4 is 15.6 Å². The van der Waals surface area contributed by atoms with E-state index in [-0.39, 0.29) is 22.5 Å². The van der Waals surface area contributed by atoms with Crippen molar-refractivity contribution in [3.05, 3.63) is 64.7 Å². The van der Waals surface area contributed by atoms with E-state index in [0.717, 1.165) is 0 Å². The van der Waals surface area contributed by atoms with Crippen molar-refractivity contribution in [1.29, 1.82) is 0 Å². The molecule has 1 aromatic heterocycles. The number of anilines is 1. The van der Waals surface area contributed by atoms with Crippen molar-refractivity contribution < 1.29 is 9.53 Å². The van der Waals surface area contributed by atoms with Crippen LogP contribution >= 0.6 is 11.8 Å². The van der Waals surface area contributed by atoms with Crippen LogP contribution in [0.15, 0.2) is 53.3 Å². The summed E-state index contributed by atoms with van der Waals surface area (Å²) in [6.07, 6.45) is 0. The number of nitrogens with zero attached hydrogens (tertiary/aromatic N) is 1. The number of carbonyl (C=O) groups is 1. The molecule has 0 fully saturated rings. The molecule has 1 atom stereocenters. The van der Waals surface area contributed by atoms with Gasteiger partial charge in [0, 0.05) is 0 Å². The molecule has 0 saturated carbocycles. The number of aromatic nitrogens is 2. The average molecular weight is 369 g/mol. The minimum absolute atomic E-state index is 0.129. The fourth-order valence-electron chi connectivity index (χ4n) is 2.51. The number of rotatable bonds is 6. The van der Waals surface area contributed by atoms with Crippen molar-refractivity contribution in [1.82, 2.24) is 9.97 Å². The van der Waals surface area contributed by atoms with Crippen LogP contribution in [0.2, 0.25) is 0 Å². The van der Waals surface area contributed by atoms with Gasteiger partial charge >= 0.3 is 0 Å². The Hall–Kier alpha value is -2.80. The number of thioether (sulfide) groups is 1. The van der Waals surface area contributed by atoms with Crippen molar-refractivity contribution in [2.24, 2.45) is 0 Å². The number of para-hydroxylation sites is 3. The van der Waals surface area contributed by atoms with Gasteiger partial charge in [0.2, 0.25) is 5.91 Å². The van der Waals surface area contributed by atoms with Gasteiger partial charge in [-0.05, 0) is 31.2 Å². The van der Waals surface area contributed by atoms with E-state index >= 15 is 0 Å². The first-order valence-electron chi connectivity index (χ1n) is 8.12. The van der Waals surface area contributed by atoms with Crippen molar-refractivity contribution in [3.63, 3.8) is 0 Å². The minimum atomic E-state index is -0.170.